The Balaban J connectivity index is 1.95. The van der Waals surface area contributed by atoms with Crippen LogP contribution < -0.4 is 5.32 Å². The summed E-state index contributed by atoms with van der Waals surface area (Å²) >= 11 is 5.93. The van der Waals surface area contributed by atoms with Crippen LogP contribution in [0.3, 0.4) is 0 Å². The molecule has 7 nitrogen and oxygen atoms in total. The van der Waals surface area contributed by atoms with Gasteiger partial charge in [-0.25, -0.2) is 4.79 Å². The third-order valence-corrected chi connectivity index (χ3v) is 6.59. The number of amides is 2. The number of carbonyl (C=O) groups excluding carboxylic acids is 1. The zero-order valence-electron chi connectivity index (χ0n) is 15.3. The number of anilines is 1. The highest BCUT2D eigenvalue weighted by atomic mass is 35.5. The van der Waals surface area contributed by atoms with Crippen LogP contribution in [0.2, 0.25) is 5.02 Å². The van der Waals surface area contributed by atoms with Gasteiger partial charge in [0.2, 0.25) is 0 Å². The normalized spacial score (nSPS) is 16.5. The van der Waals surface area contributed by atoms with E-state index in [1.807, 2.05) is 6.92 Å². The number of hydrogen-bond donors (Lipinski definition) is 1. The van der Waals surface area contributed by atoms with Crippen LogP contribution in [0.25, 0.3) is 0 Å². The molecule has 0 bridgehead atoms. The van der Waals surface area contributed by atoms with Gasteiger partial charge < -0.3 is 10.2 Å². The van der Waals surface area contributed by atoms with Gasteiger partial charge in [-0.05, 0) is 31.0 Å². The number of unbranched alkanes of at least 4 members (excludes halogenated alkanes) is 1. The molecule has 1 aromatic carbocycles. The lowest BCUT2D eigenvalue weighted by Gasteiger charge is -2.26. The van der Waals surface area contributed by atoms with Gasteiger partial charge in [0.05, 0.1) is 0 Å². The fraction of sp³-hybridized carbons (Fsp3) is 0.588. The van der Waals surface area contributed by atoms with Gasteiger partial charge in [-0.15, -0.1) is 0 Å². The van der Waals surface area contributed by atoms with E-state index in [0.29, 0.717) is 49.9 Å². The van der Waals surface area contributed by atoms with E-state index in [-0.39, 0.29) is 6.03 Å². The zero-order chi connectivity index (χ0) is 19.2. The molecule has 0 unspecified atom stereocenters. The maximum atomic E-state index is 12.7. The Bertz CT molecular complexity index is 714. The van der Waals surface area contributed by atoms with Gasteiger partial charge in [0.1, 0.15) is 0 Å². The topological polar surface area (TPSA) is 73.0 Å². The van der Waals surface area contributed by atoms with Crippen LogP contribution in [0.15, 0.2) is 24.3 Å². The van der Waals surface area contributed by atoms with E-state index in [1.165, 1.54) is 8.61 Å². The highest BCUT2D eigenvalue weighted by molar-refractivity contribution is 7.86. The van der Waals surface area contributed by atoms with E-state index >= 15 is 0 Å². The minimum absolute atomic E-state index is 0.245. The summed E-state index contributed by atoms with van der Waals surface area (Å²) in [6.07, 6.45) is 2.37. The van der Waals surface area contributed by atoms with Gasteiger partial charge in [-0.1, -0.05) is 31.0 Å². The second kappa shape index (κ2) is 9.55. The number of nitrogens with one attached hydrogen (secondary N) is 1. The van der Waals surface area contributed by atoms with Crippen molar-refractivity contribution in [2.24, 2.45) is 0 Å². The average Bonchev–Trinajstić information content (AvgIpc) is 2.86. The van der Waals surface area contributed by atoms with Gasteiger partial charge in [-0.2, -0.15) is 17.0 Å². The molecule has 1 aliphatic rings. The lowest BCUT2D eigenvalue weighted by atomic mass is 10.3. The summed E-state index contributed by atoms with van der Waals surface area (Å²) < 4.78 is 28.2. The molecule has 0 spiro atoms. The second-order valence-electron chi connectivity index (χ2n) is 6.36. The number of carbonyl (C=O) groups is 1. The van der Waals surface area contributed by atoms with Crippen molar-refractivity contribution < 1.29 is 13.2 Å². The zero-order valence-corrected chi connectivity index (χ0v) is 16.9. The summed E-state index contributed by atoms with van der Waals surface area (Å²) in [6, 6.07) is 6.70. The van der Waals surface area contributed by atoms with Crippen LogP contribution in [-0.4, -0.2) is 67.7 Å². The van der Waals surface area contributed by atoms with Crippen molar-refractivity contribution in [1.82, 2.24) is 13.5 Å². The highest BCUT2D eigenvalue weighted by Gasteiger charge is 2.29. The first-order valence-corrected chi connectivity index (χ1v) is 10.6. The number of urea groups is 1. The first-order chi connectivity index (χ1) is 12.3. The molecule has 2 amide bonds. The second-order valence-corrected chi connectivity index (χ2v) is 8.83. The van der Waals surface area contributed by atoms with Crippen molar-refractivity contribution in [2.45, 2.75) is 26.2 Å². The van der Waals surface area contributed by atoms with Crippen molar-refractivity contribution in [3.63, 3.8) is 0 Å². The van der Waals surface area contributed by atoms with Gasteiger partial charge in [0.15, 0.2) is 0 Å². The molecule has 2 rings (SSSR count). The van der Waals surface area contributed by atoms with Crippen molar-refractivity contribution >= 4 is 33.5 Å². The van der Waals surface area contributed by atoms with Gasteiger partial charge in [-0.3, -0.25) is 0 Å². The molecular weight excluding hydrogens is 376 g/mol. The minimum atomic E-state index is -3.48. The van der Waals surface area contributed by atoms with E-state index in [0.717, 1.165) is 12.8 Å². The maximum absolute atomic E-state index is 12.7. The molecule has 9 heteroatoms. The largest absolute Gasteiger partial charge is 0.323 e. The third kappa shape index (κ3) is 5.57. The Morgan fingerprint density at radius 1 is 1.27 bits per heavy atom. The molecule has 1 aliphatic heterocycles. The Morgan fingerprint density at radius 2 is 2.04 bits per heavy atom. The third-order valence-electron chi connectivity index (χ3n) is 4.36. The van der Waals surface area contributed by atoms with Gasteiger partial charge in [0, 0.05) is 50.5 Å². The number of benzene rings is 1. The van der Waals surface area contributed by atoms with Gasteiger partial charge >= 0.3 is 6.03 Å². The van der Waals surface area contributed by atoms with E-state index in [9.17, 15) is 13.2 Å². The molecule has 0 saturated carbocycles. The predicted octanol–water partition coefficient (Wildman–Crippen LogP) is 2.86. The van der Waals surface area contributed by atoms with Crippen LogP contribution in [0, 0.1) is 0 Å². The summed E-state index contributed by atoms with van der Waals surface area (Å²) in [7, 11) is -1.87. The SMILES string of the molecule is CCCCN(C)S(=O)(=O)N1CCCN(C(=O)Nc2cccc(Cl)c2)CC1. The predicted molar refractivity (Wildman–Crippen MR) is 105 cm³/mol. The average molecular weight is 403 g/mol. The fourth-order valence-corrected chi connectivity index (χ4v) is 4.41. The Hall–Kier alpha value is -1.35. The van der Waals surface area contributed by atoms with E-state index in [1.54, 1.807) is 36.2 Å². The molecule has 1 fully saturated rings. The van der Waals surface area contributed by atoms with Crippen molar-refractivity contribution in [2.75, 3.05) is 45.1 Å². The molecule has 0 radical (unpaired) electrons. The number of rotatable bonds is 6. The lowest BCUT2D eigenvalue weighted by molar-refractivity contribution is 0.214. The monoisotopic (exact) mass is 402 g/mol. The van der Waals surface area contributed by atoms with Crippen molar-refractivity contribution in [1.29, 1.82) is 0 Å². The summed E-state index contributed by atoms with van der Waals surface area (Å²) in [5.74, 6) is 0. The summed E-state index contributed by atoms with van der Waals surface area (Å²) in [6.45, 7) is 4.11. The molecule has 1 N–H and O–H groups in total. The van der Waals surface area contributed by atoms with Crippen LogP contribution in [0.1, 0.15) is 26.2 Å². The van der Waals surface area contributed by atoms with Crippen LogP contribution in [-0.2, 0) is 10.2 Å². The molecule has 0 aromatic heterocycles. The Morgan fingerprint density at radius 3 is 2.73 bits per heavy atom. The number of nitrogens with zero attached hydrogens (tertiary/aromatic N) is 3. The van der Waals surface area contributed by atoms with Crippen LogP contribution >= 0.6 is 11.6 Å². The maximum Gasteiger partial charge on any atom is 0.321 e. The van der Waals surface area contributed by atoms with E-state index in [4.69, 9.17) is 11.6 Å². The summed E-state index contributed by atoms with van der Waals surface area (Å²) in [5, 5.41) is 3.36. The highest BCUT2D eigenvalue weighted by Crippen LogP contribution is 2.17. The van der Waals surface area contributed by atoms with Crippen molar-refractivity contribution in [3.05, 3.63) is 29.3 Å². The quantitative estimate of drug-likeness (QED) is 0.795. The Labute approximate surface area is 161 Å². The molecule has 1 aromatic rings. The minimum Gasteiger partial charge on any atom is -0.323 e. The number of hydrogen-bond acceptors (Lipinski definition) is 3. The fourth-order valence-electron chi connectivity index (χ4n) is 2.79. The molecule has 26 heavy (non-hydrogen) atoms. The van der Waals surface area contributed by atoms with E-state index in [2.05, 4.69) is 5.32 Å². The standard InChI is InChI=1S/C17H27ClN4O3S/c1-3-4-9-20(2)26(24,25)22-11-6-10-21(12-13-22)17(23)19-16-8-5-7-15(18)14-16/h5,7-8,14H,3-4,6,9-13H2,1-2H3,(H,19,23). The Kier molecular flexibility index (Phi) is 7.69. The van der Waals surface area contributed by atoms with Crippen molar-refractivity contribution in [3.8, 4) is 0 Å². The summed E-state index contributed by atoms with van der Waals surface area (Å²) in [4.78, 5) is 14.1. The van der Waals surface area contributed by atoms with E-state index < -0.39 is 10.2 Å². The molecular formula is C17H27ClN4O3S. The first-order valence-electron chi connectivity index (χ1n) is 8.87. The smallest absolute Gasteiger partial charge is 0.321 e. The molecule has 146 valence electrons. The number of halogens is 1. The molecule has 0 aliphatic carbocycles. The summed E-state index contributed by atoms with van der Waals surface area (Å²) in [5.41, 5.74) is 0.621. The lowest BCUT2D eigenvalue weighted by Crippen LogP contribution is -2.44. The van der Waals surface area contributed by atoms with Crippen LogP contribution in [0.4, 0.5) is 10.5 Å². The molecule has 1 saturated heterocycles. The molecule has 0 atom stereocenters. The first kappa shape index (κ1) is 21.0. The van der Waals surface area contributed by atoms with Crippen LogP contribution in [0.5, 0.6) is 0 Å². The van der Waals surface area contributed by atoms with Gasteiger partial charge in [0.25, 0.3) is 10.2 Å². The molecule has 1 heterocycles.